The van der Waals surface area contributed by atoms with E-state index in [1.54, 1.807) is 18.2 Å². The molecule has 0 radical (unpaired) electrons. The van der Waals surface area contributed by atoms with Crippen molar-refractivity contribution < 1.29 is 19.1 Å². The predicted octanol–water partition coefficient (Wildman–Crippen LogP) is 1.70. The normalized spacial score (nSPS) is 11.6. The van der Waals surface area contributed by atoms with E-state index in [2.05, 4.69) is 10.1 Å². The maximum absolute atomic E-state index is 11.5. The van der Waals surface area contributed by atoms with E-state index in [0.29, 0.717) is 10.8 Å². The number of hydrogen-bond donors (Lipinski definition) is 1. The van der Waals surface area contributed by atoms with Gasteiger partial charge in [-0.15, -0.1) is 0 Å². The van der Waals surface area contributed by atoms with Crippen molar-refractivity contribution in [3.05, 3.63) is 28.8 Å². The summed E-state index contributed by atoms with van der Waals surface area (Å²) in [6.45, 7) is 3.16. The van der Waals surface area contributed by atoms with Crippen LogP contribution in [0.1, 0.15) is 12.5 Å². The summed E-state index contributed by atoms with van der Waals surface area (Å²) in [5.74, 6) is -0.312. The molecule has 1 atom stereocenters. The molecule has 104 valence electrons. The van der Waals surface area contributed by atoms with Crippen molar-refractivity contribution in [2.75, 3.05) is 13.7 Å². The molecule has 0 aromatic heterocycles. The van der Waals surface area contributed by atoms with Crippen LogP contribution in [-0.4, -0.2) is 31.6 Å². The average molecular weight is 286 g/mol. The summed E-state index contributed by atoms with van der Waals surface area (Å²) < 4.78 is 10.0. The zero-order valence-corrected chi connectivity index (χ0v) is 11.8. The van der Waals surface area contributed by atoms with Crippen LogP contribution in [0, 0.1) is 6.92 Å². The lowest BCUT2D eigenvalue weighted by atomic mass is 10.2. The van der Waals surface area contributed by atoms with E-state index in [9.17, 15) is 9.59 Å². The Hall–Kier alpha value is -1.75. The highest BCUT2D eigenvalue weighted by atomic mass is 35.5. The molecule has 0 saturated heterocycles. The van der Waals surface area contributed by atoms with E-state index in [4.69, 9.17) is 16.3 Å². The van der Waals surface area contributed by atoms with Gasteiger partial charge in [-0.3, -0.25) is 4.79 Å². The number of nitrogens with one attached hydrogen (secondary N) is 1. The molecule has 1 aromatic carbocycles. The van der Waals surface area contributed by atoms with E-state index in [-0.39, 0.29) is 12.5 Å². The second-order valence-corrected chi connectivity index (χ2v) is 4.41. The van der Waals surface area contributed by atoms with E-state index >= 15 is 0 Å². The van der Waals surface area contributed by atoms with Gasteiger partial charge in [-0.05, 0) is 30.7 Å². The smallest absolute Gasteiger partial charge is 0.331 e. The first-order valence-corrected chi connectivity index (χ1v) is 6.05. The monoisotopic (exact) mass is 285 g/mol. The van der Waals surface area contributed by atoms with Crippen LogP contribution in [0.5, 0.6) is 5.75 Å². The van der Waals surface area contributed by atoms with Crippen LogP contribution in [0.25, 0.3) is 0 Å². The highest BCUT2D eigenvalue weighted by molar-refractivity contribution is 6.31. The number of halogens is 1. The summed E-state index contributed by atoms with van der Waals surface area (Å²) in [6, 6.07) is 4.32. The van der Waals surface area contributed by atoms with Crippen molar-refractivity contribution in [3.8, 4) is 5.75 Å². The molecule has 1 amide bonds. The lowest BCUT2D eigenvalue weighted by Gasteiger charge is -2.16. The van der Waals surface area contributed by atoms with E-state index < -0.39 is 12.0 Å². The van der Waals surface area contributed by atoms with Gasteiger partial charge in [-0.1, -0.05) is 11.6 Å². The van der Waals surface area contributed by atoms with Crippen LogP contribution in [0.15, 0.2) is 18.2 Å². The first kappa shape index (κ1) is 15.3. The molecule has 1 rings (SSSR count). The van der Waals surface area contributed by atoms with Crippen LogP contribution in [-0.2, 0) is 14.3 Å². The maximum atomic E-state index is 11.5. The molecule has 0 aliphatic rings. The summed E-state index contributed by atoms with van der Waals surface area (Å²) in [7, 11) is 1.25. The Kier molecular flexibility index (Phi) is 5.63. The number of aryl methyl sites for hydroxylation is 1. The topological polar surface area (TPSA) is 64.6 Å². The van der Waals surface area contributed by atoms with Gasteiger partial charge in [0, 0.05) is 11.9 Å². The van der Waals surface area contributed by atoms with Crippen LogP contribution >= 0.6 is 11.6 Å². The van der Waals surface area contributed by atoms with Gasteiger partial charge in [0.15, 0.2) is 6.04 Å². The van der Waals surface area contributed by atoms with E-state index in [1.807, 2.05) is 6.92 Å². The van der Waals surface area contributed by atoms with Gasteiger partial charge in [-0.2, -0.15) is 0 Å². The lowest BCUT2D eigenvalue weighted by molar-refractivity contribution is -0.145. The Morgan fingerprint density at radius 3 is 2.63 bits per heavy atom. The number of methoxy groups -OCH3 is 1. The van der Waals surface area contributed by atoms with Gasteiger partial charge in [0.25, 0.3) is 0 Å². The minimum absolute atomic E-state index is 0.00662. The standard InChI is InChI=1S/C13H16ClNO4/c1-8-6-10(4-5-11(8)14)19-7-12(13(17)18-3)15-9(2)16/h4-6,12H,7H2,1-3H3,(H,15,16). The molecule has 0 bridgehead atoms. The SMILES string of the molecule is COC(=O)C(COc1ccc(Cl)c(C)c1)NC(C)=O. The zero-order valence-electron chi connectivity index (χ0n) is 11.0. The van der Waals surface area contributed by atoms with Gasteiger partial charge in [0.05, 0.1) is 7.11 Å². The minimum atomic E-state index is -0.835. The summed E-state index contributed by atoms with van der Waals surface area (Å²) in [5, 5.41) is 3.10. The van der Waals surface area contributed by atoms with Crippen LogP contribution < -0.4 is 10.1 Å². The van der Waals surface area contributed by atoms with Crippen LogP contribution in [0.3, 0.4) is 0 Å². The number of esters is 1. The Bertz CT molecular complexity index is 476. The Labute approximate surface area is 116 Å². The largest absolute Gasteiger partial charge is 0.491 e. The van der Waals surface area contributed by atoms with Crippen molar-refractivity contribution in [1.82, 2.24) is 5.32 Å². The molecular formula is C13H16ClNO4. The average Bonchev–Trinajstić information content (AvgIpc) is 2.37. The van der Waals surface area contributed by atoms with Gasteiger partial charge in [0.2, 0.25) is 5.91 Å². The minimum Gasteiger partial charge on any atom is -0.491 e. The molecule has 0 spiro atoms. The molecule has 1 unspecified atom stereocenters. The van der Waals surface area contributed by atoms with Crippen molar-refractivity contribution >= 4 is 23.5 Å². The first-order chi connectivity index (χ1) is 8.93. The Morgan fingerprint density at radius 1 is 1.42 bits per heavy atom. The number of carbonyl (C=O) groups excluding carboxylic acids is 2. The molecule has 19 heavy (non-hydrogen) atoms. The fourth-order valence-corrected chi connectivity index (χ4v) is 1.56. The molecule has 1 N–H and O–H groups in total. The van der Waals surface area contributed by atoms with Crippen molar-refractivity contribution in [2.24, 2.45) is 0 Å². The summed E-state index contributed by atoms with van der Waals surface area (Å²) in [6.07, 6.45) is 0. The number of amides is 1. The second-order valence-electron chi connectivity index (χ2n) is 4.00. The van der Waals surface area contributed by atoms with Crippen molar-refractivity contribution in [3.63, 3.8) is 0 Å². The van der Waals surface area contributed by atoms with Gasteiger partial charge >= 0.3 is 5.97 Å². The molecular weight excluding hydrogens is 270 g/mol. The number of benzene rings is 1. The second kappa shape index (κ2) is 6.99. The van der Waals surface area contributed by atoms with E-state index in [0.717, 1.165) is 5.56 Å². The summed E-state index contributed by atoms with van der Waals surface area (Å²) in [5.41, 5.74) is 0.869. The van der Waals surface area contributed by atoms with Crippen LogP contribution in [0.4, 0.5) is 0 Å². The molecule has 1 aromatic rings. The van der Waals surface area contributed by atoms with Crippen LogP contribution in [0.2, 0.25) is 5.02 Å². The number of rotatable bonds is 5. The highest BCUT2D eigenvalue weighted by Crippen LogP contribution is 2.21. The quantitative estimate of drug-likeness (QED) is 0.837. The Balaban J connectivity index is 2.67. The summed E-state index contributed by atoms with van der Waals surface area (Å²) >= 11 is 5.90. The zero-order chi connectivity index (χ0) is 14.4. The molecule has 0 saturated carbocycles. The third-order valence-electron chi connectivity index (χ3n) is 2.41. The Morgan fingerprint density at radius 2 is 2.11 bits per heavy atom. The molecule has 5 nitrogen and oxygen atoms in total. The first-order valence-electron chi connectivity index (χ1n) is 5.68. The summed E-state index contributed by atoms with van der Waals surface area (Å²) in [4.78, 5) is 22.4. The van der Waals surface area contributed by atoms with Crippen molar-refractivity contribution in [1.29, 1.82) is 0 Å². The van der Waals surface area contributed by atoms with E-state index in [1.165, 1.54) is 14.0 Å². The molecule has 0 aliphatic heterocycles. The number of ether oxygens (including phenoxy) is 2. The van der Waals surface area contributed by atoms with Gasteiger partial charge in [0.1, 0.15) is 12.4 Å². The fourth-order valence-electron chi connectivity index (χ4n) is 1.44. The molecule has 0 fully saturated rings. The van der Waals surface area contributed by atoms with Crippen molar-refractivity contribution in [2.45, 2.75) is 19.9 Å². The van der Waals surface area contributed by atoms with Gasteiger partial charge < -0.3 is 14.8 Å². The molecule has 0 heterocycles. The third-order valence-corrected chi connectivity index (χ3v) is 2.83. The van der Waals surface area contributed by atoms with Gasteiger partial charge in [-0.25, -0.2) is 4.79 Å². The number of carbonyl (C=O) groups is 2. The highest BCUT2D eigenvalue weighted by Gasteiger charge is 2.20. The molecule has 0 aliphatic carbocycles. The fraction of sp³-hybridized carbons (Fsp3) is 0.385. The lowest BCUT2D eigenvalue weighted by Crippen LogP contribution is -2.44. The number of hydrogen-bond acceptors (Lipinski definition) is 4. The predicted molar refractivity (Wildman–Crippen MR) is 71.3 cm³/mol. The maximum Gasteiger partial charge on any atom is 0.331 e. The molecule has 6 heteroatoms. The third kappa shape index (κ3) is 4.79.